The van der Waals surface area contributed by atoms with Gasteiger partial charge in [0.25, 0.3) is 5.91 Å². The summed E-state index contributed by atoms with van der Waals surface area (Å²) >= 11 is 0. The van der Waals surface area contributed by atoms with Gasteiger partial charge in [0, 0.05) is 42.6 Å². The van der Waals surface area contributed by atoms with Gasteiger partial charge in [-0.05, 0) is 24.1 Å². The molecule has 3 aromatic rings. The molecule has 1 saturated heterocycles. The van der Waals surface area contributed by atoms with Gasteiger partial charge >= 0.3 is 0 Å². The first-order valence-corrected chi connectivity index (χ1v) is 8.44. The number of rotatable bonds is 4. The van der Waals surface area contributed by atoms with Crippen LogP contribution in [0.4, 0.5) is 0 Å². The lowest BCUT2D eigenvalue weighted by Crippen LogP contribution is -2.29. The highest BCUT2D eigenvalue weighted by atomic mass is 16.5. The highest BCUT2D eigenvalue weighted by molar-refractivity contribution is 5.94. The topological polar surface area (TPSA) is 92.3 Å². The van der Waals surface area contributed by atoms with Crippen molar-refractivity contribution < 1.29 is 9.53 Å². The van der Waals surface area contributed by atoms with Gasteiger partial charge in [-0.15, -0.1) is 0 Å². The van der Waals surface area contributed by atoms with Crippen molar-refractivity contribution >= 4 is 11.6 Å². The molecule has 2 aromatic heterocycles. The average molecular weight is 347 g/mol. The molecule has 7 nitrogen and oxygen atoms in total. The molecule has 0 saturated carbocycles. The number of carbonyl (C=O) groups is 1. The van der Waals surface area contributed by atoms with E-state index in [2.05, 4.69) is 21.5 Å². The number of benzene rings is 1. The van der Waals surface area contributed by atoms with E-state index < -0.39 is 0 Å². The van der Waals surface area contributed by atoms with E-state index in [1.54, 1.807) is 22.8 Å². The zero-order valence-corrected chi connectivity index (χ0v) is 14.1. The number of fused-ring (bicyclic) bond motifs is 1. The first-order valence-electron chi connectivity index (χ1n) is 8.44. The summed E-state index contributed by atoms with van der Waals surface area (Å²) in [6.07, 6.45) is 6.01. The Balaban J connectivity index is 1.48. The number of hydrogen-bond acceptors (Lipinski definition) is 5. The molecule has 1 amide bonds. The Morgan fingerprint density at radius 1 is 1.31 bits per heavy atom. The van der Waals surface area contributed by atoms with Gasteiger partial charge in [-0.3, -0.25) is 4.79 Å². The molecular formula is C19H17N5O2. The second-order valence-electron chi connectivity index (χ2n) is 6.30. The van der Waals surface area contributed by atoms with Crippen LogP contribution in [0.2, 0.25) is 0 Å². The molecular weight excluding hydrogens is 330 g/mol. The van der Waals surface area contributed by atoms with Crippen molar-refractivity contribution in [2.75, 3.05) is 19.8 Å². The summed E-state index contributed by atoms with van der Waals surface area (Å²) < 4.78 is 6.90. The predicted octanol–water partition coefficient (Wildman–Crippen LogP) is 2.03. The highest BCUT2D eigenvalue weighted by Gasteiger charge is 2.16. The number of hydrogen-bond donors (Lipinski definition) is 1. The third-order valence-electron chi connectivity index (χ3n) is 4.53. The van der Waals surface area contributed by atoms with Gasteiger partial charge in [0.15, 0.2) is 5.65 Å². The first-order chi connectivity index (χ1) is 12.7. The Morgan fingerprint density at radius 3 is 2.88 bits per heavy atom. The van der Waals surface area contributed by atoms with Crippen LogP contribution in [0, 0.1) is 17.2 Å². The molecule has 1 aromatic carbocycles. The molecule has 3 heterocycles. The van der Waals surface area contributed by atoms with Crippen LogP contribution in [-0.2, 0) is 4.74 Å². The number of ether oxygens (including phenoxy) is 1. The maximum absolute atomic E-state index is 12.3. The molecule has 1 aliphatic rings. The summed E-state index contributed by atoms with van der Waals surface area (Å²) in [5, 5.41) is 16.1. The molecule has 26 heavy (non-hydrogen) atoms. The lowest BCUT2D eigenvalue weighted by Gasteiger charge is -2.10. The molecule has 0 bridgehead atoms. The van der Waals surface area contributed by atoms with Crippen LogP contribution in [0.25, 0.3) is 16.8 Å². The molecule has 0 radical (unpaired) electrons. The molecule has 0 aliphatic carbocycles. The number of nitrogens with zero attached hydrogens (tertiary/aromatic N) is 4. The predicted molar refractivity (Wildman–Crippen MR) is 94.4 cm³/mol. The van der Waals surface area contributed by atoms with E-state index >= 15 is 0 Å². The van der Waals surface area contributed by atoms with E-state index in [9.17, 15) is 4.79 Å². The van der Waals surface area contributed by atoms with Gasteiger partial charge in [0.2, 0.25) is 0 Å². The number of amides is 1. The molecule has 130 valence electrons. The van der Waals surface area contributed by atoms with E-state index in [-0.39, 0.29) is 5.91 Å². The smallest absolute Gasteiger partial charge is 0.251 e. The molecule has 1 aliphatic heterocycles. The van der Waals surface area contributed by atoms with Crippen LogP contribution in [0.15, 0.2) is 42.9 Å². The summed E-state index contributed by atoms with van der Waals surface area (Å²) in [6, 6.07) is 9.41. The maximum Gasteiger partial charge on any atom is 0.251 e. The third kappa shape index (κ3) is 3.15. The summed E-state index contributed by atoms with van der Waals surface area (Å²) in [5.41, 5.74) is 3.38. The minimum Gasteiger partial charge on any atom is -0.381 e. The van der Waals surface area contributed by atoms with Crippen LogP contribution in [-0.4, -0.2) is 40.3 Å². The largest absolute Gasteiger partial charge is 0.381 e. The molecule has 7 heteroatoms. The summed E-state index contributed by atoms with van der Waals surface area (Å²) in [5.74, 6) is 0.325. The van der Waals surface area contributed by atoms with Gasteiger partial charge < -0.3 is 10.1 Å². The Hall–Kier alpha value is -3.24. The van der Waals surface area contributed by atoms with E-state index in [1.165, 1.54) is 6.20 Å². The van der Waals surface area contributed by atoms with Crippen molar-refractivity contribution in [1.29, 1.82) is 5.26 Å². The maximum atomic E-state index is 12.3. The van der Waals surface area contributed by atoms with Crippen LogP contribution < -0.4 is 5.32 Å². The van der Waals surface area contributed by atoms with Crippen LogP contribution in [0.3, 0.4) is 0 Å². The fourth-order valence-electron chi connectivity index (χ4n) is 3.00. The molecule has 1 atom stereocenters. The normalized spacial score (nSPS) is 16.5. The van der Waals surface area contributed by atoms with Gasteiger partial charge in [-0.2, -0.15) is 10.4 Å². The molecule has 0 unspecified atom stereocenters. The van der Waals surface area contributed by atoms with Gasteiger partial charge in [0.1, 0.15) is 11.6 Å². The van der Waals surface area contributed by atoms with E-state index in [1.807, 2.05) is 18.3 Å². The standard InChI is InChI=1S/C19H17N5O2/c20-7-16-10-23-24-11-17(9-21-18(16)24)14-1-3-15(4-2-14)19(25)22-8-13-5-6-26-12-13/h1-4,9-11,13H,5-6,8,12H2,(H,22,25)/t13-/m1/s1. The molecule has 1 fully saturated rings. The van der Waals surface area contributed by atoms with Crippen molar-refractivity contribution in [2.24, 2.45) is 5.92 Å². The van der Waals surface area contributed by atoms with E-state index in [0.717, 1.165) is 30.8 Å². The van der Waals surface area contributed by atoms with E-state index in [4.69, 9.17) is 10.00 Å². The van der Waals surface area contributed by atoms with Gasteiger partial charge in [-0.1, -0.05) is 12.1 Å². The van der Waals surface area contributed by atoms with Crippen molar-refractivity contribution in [1.82, 2.24) is 19.9 Å². The Bertz CT molecular complexity index is 981. The monoisotopic (exact) mass is 347 g/mol. The van der Waals surface area contributed by atoms with Gasteiger partial charge in [0.05, 0.1) is 12.8 Å². The second kappa shape index (κ2) is 6.94. The summed E-state index contributed by atoms with van der Waals surface area (Å²) in [4.78, 5) is 16.6. The van der Waals surface area contributed by atoms with Crippen molar-refractivity contribution in [2.45, 2.75) is 6.42 Å². The molecule has 0 spiro atoms. The van der Waals surface area contributed by atoms with Crippen LogP contribution in [0.1, 0.15) is 22.3 Å². The quantitative estimate of drug-likeness (QED) is 0.780. The third-order valence-corrected chi connectivity index (χ3v) is 4.53. The zero-order chi connectivity index (χ0) is 17.9. The average Bonchev–Trinajstić information content (AvgIpc) is 3.35. The lowest BCUT2D eigenvalue weighted by atomic mass is 10.1. The Kier molecular flexibility index (Phi) is 4.33. The minimum atomic E-state index is -0.0808. The summed E-state index contributed by atoms with van der Waals surface area (Å²) in [6.45, 7) is 2.14. The number of carbonyl (C=O) groups excluding carboxylic acids is 1. The van der Waals surface area contributed by atoms with Crippen molar-refractivity contribution in [3.05, 3.63) is 54.0 Å². The fourth-order valence-corrected chi connectivity index (χ4v) is 3.00. The Morgan fingerprint density at radius 2 is 2.15 bits per heavy atom. The van der Waals surface area contributed by atoms with Crippen LogP contribution in [0.5, 0.6) is 0 Å². The highest BCUT2D eigenvalue weighted by Crippen LogP contribution is 2.20. The van der Waals surface area contributed by atoms with Crippen LogP contribution >= 0.6 is 0 Å². The first kappa shape index (κ1) is 16.2. The SMILES string of the molecule is N#Cc1cnn2cc(-c3ccc(C(=O)NC[C@H]4CCOC4)cc3)cnc12. The fraction of sp³-hybridized carbons (Fsp3) is 0.263. The number of aromatic nitrogens is 3. The van der Waals surface area contributed by atoms with Gasteiger partial charge in [-0.25, -0.2) is 9.50 Å². The molecule has 4 rings (SSSR count). The number of nitrogens with one attached hydrogen (secondary N) is 1. The number of nitriles is 1. The second-order valence-corrected chi connectivity index (χ2v) is 6.30. The van der Waals surface area contributed by atoms with Crippen molar-refractivity contribution in [3.63, 3.8) is 0 Å². The van der Waals surface area contributed by atoms with E-state index in [0.29, 0.717) is 29.2 Å². The lowest BCUT2D eigenvalue weighted by molar-refractivity contribution is 0.0945. The zero-order valence-electron chi connectivity index (χ0n) is 14.1. The molecule has 1 N–H and O–H groups in total. The van der Waals surface area contributed by atoms with Crippen molar-refractivity contribution in [3.8, 4) is 17.2 Å². The Labute approximate surface area is 150 Å². The summed E-state index contributed by atoms with van der Waals surface area (Å²) in [7, 11) is 0. The minimum absolute atomic E-state index is 0.0808.